The second-order valence-electron chi connectivity index (χ2n) is 8.93. The molecule has 0 aliphatic carbocycles. The summed E-state index contributed by atoms with van der Waals surface area (Å²) in [7, 11) is -3.13. The van der Waals surface area contributed by atoms with Crippen molar-refractivity contribution in [3.8, 4) is 0 Å². The van der Waals surface area contributed by atoms with Crippen LogP contribution in [0.25, 0.3) is 0 Å². The molecule has 0 fully saturated rings. The molecular formula is C28H34NO3P. The zero-order chi connectivity index (χ0) is 23.5. The molecule has 0 bridgehead atoms. The molecule has 0 saturated heterocycles. The minimum atomic E-state index is -3.13. The minimum absolute atomic E-state index is 0.0656. The lowest BCUT2D eigenvalue weighted by molar-refractivity contribution is -0.125. The molecule has 3 rings (SSSR count). The number of hydrogen-bond acceptors (Lipinski definition) is 3. The molecular weight excluding hydrogens is 429 g/mol. The molecule has 0 heterocycles. The Bertz CT molecular complexity index is 1020. The molecule has 174 valence electrons. The fourth-order valence-electron chi connectivity index (χ4n) is 3.89. The number of benzene rings is 3. The van der Waals surface area contributed by atoms with Gasteiger partial charge in [-0.05, 0) is 29.0 Å². The van der Waals surface area contributed by atoms with Crippen molar-refractivity contribution in [3.63, 3.8) is 0 Å². The van der Waals surface area contributed by atoms with Gasteiger partial charge in [0.1, 0.15) is 0 Å². The number of nitrogens with one attached hydrogen (secondary N) is 1. The Morgan fingerprint density at radius 3 is 1.88 bits per heavy atom. The van der Waals surface area contributed by atoms with Crippen LogP contribution in [-0.4, -0.2) is 12.1 Å². The van der Waals surface area contributed by atoms with Crippen molar-refractivity contribution in [1.82, 2.24) is 5.32 Å². The van der Waals surface area contributed by atoms with Crippen LogP contribution in [0.15, 0.2) is 91.0 Å². The molecule has 3 aromatic rings. The lowest BCUT2D eigenvalue weighted by atomic mass is 9.98. The van der Waals surface area contributed by atoms with E-state index in [1.807, 2.05) is 91.0 Å². The Labute approximate surface area is 197 Å². The van der Waals surface area contributed by atoms with Gasteiger partial charge in [-0.15, -0.1) is 0 Å². The molecule has 0 aliphatic rings. The summed E-state index contributed by atoms with van der Waals surface area (Å²) in [5, 5.41) is 3.05. The van der Waals surface area contributed by atoms with Crippen molar-refractivity contribution < 1.29 is 13.9 Å². The van der Waals surface area contributed by atoms with Gasteiger partial charge < -0.3 is 9.84 Å². The maximum absolute atomic E-state index is 14.1. The number of carbonyl (C=O) groups is 1. The average Bonchev–Trinajstić information content (AvgIpc) is 2.82. The van der Waals surface area contributed by atoms with E-state index < -0.39 is 7.37 Å². The molecule has 5 heteroatoms. The number of rotatable bonds is 12. The molecule has 0 saturated carbocycles. The highest BCUT2D eigenvalue weighted by Gasteiger charge is 2.32. The highest BCUT2D eigenvalue weighted by atomic mass is 31.2. The van der Waals surface area contributed by atoms with Crippen LogP contribution in [0.4, 0.5) is 0 Å². The van der Waals surface area contributed by atoms with Crippen LogP contribution in [0.3, 0.4) is 0 Å². The standard InChI is InChI=1S/C28H34NO3P/c1-23(2)18-27(28(30)29-19-24-12-6-3-7-13-24)22-33(31,21-26-16-10-5-11-17-26)32-20-25-14-8-4-9-15-25/h3-17,23,27H,18-22H2,1-2H3,(H,29,30). The van der Waals surface area contributed by atoms with Crippen molar-refractivity contribution in [2.75, 3.05) is 6.16 Å². The third kappa shape index (κ3) is 8.64. The fourth-order valence-corrected chi connectivity index (χ4v) is 6.35. The zero-order valence-corrected chi connectivity index (χ0v) is 20.4. The van der Waals surface area contributed by atoms with E-state index in [9.17, 15) is 9.36 Å². The Morgan fingerprint density at radius 1 is 0.818 bits per heavy atom. The number of carbonyl (C=O) groups excluding carboxylic acids is 1. The van der Waals surface area contributed by atoms with Crippen LogP contribution in [-0.2, 0) is 33.2 Å². The zero-order valence-electron chi connectivity index (χ0n) is 19.5. The Morgan fingerprint density at radius 2 is 1.33 bits per heavy atom. The third-order valence-corrected chi connectivity index (χ3v) is 7.95. The summed E-state index contributed by atoms with van der Waals surface area (Å²) in [5.41, 5.74) is 2.98. The van der Waals surface area contributed by atoms with Gasteiger partial charge in [0.2, 0.25) is 13.3 Å². The van der Waals surface area contributed by atoms with E-state index in [0.29, 0.717) is 25.0 Å². The minimum Gasteiger partial charge on any atom is -0.352 e. The Kier molecular flexibility index (Phi) is 9.47. The van der Waals surface area contributed by atoms with Crippen LogP contribution in [0.2, 0.25) is 0 Å². The fraction of sp³-hybridized carbons (Fsp3) is 0.321. The first kappa shape index (κ1) is 25.0. The molecule has 1 amide bonds. The molecule has 3 aromatic carbocycles. The maximum atomic E-state index is 14.1. The predicted octanol–water partition coefficient (Wildman–Crippen LogP) is 6.66. The van der Waals surface area contributed by atoms with E-state index in [2.05, 4.69) is 19.2 Å². The topological polar surface area (TPSA) is 55.4 Å². The van der Waals surface area contributed by atoms with Crippen LogP contribution < -0.4 is 5.32 Å². The van der Waals surface area contributed by atoms with Gasteiger partial charge in [0.05, 0.1) is 6.61 Å². The quantitative estimate of drug-likeness (QED) is 0.306. The second-order valence-corrected chi connectivity index (χ2v) is 11.5. The first-order valence-corrected chi connectivity index (χ1v) is 13.5. The third-order valence-electron chi connectivity index (χ3n) is 5.51. The predicted molar refractivity (Wildman–Crippen MR) is 135 cm³/mol. The summed E-state index contributed by atoms with van der Waals surface area (Å²) in [4.78, 5) is 13.2. The lowest BCUT2D eigenvalue weighted by Crippen LogP contribution is -2.33. The molecule has 0 aromatic heterocycles. The van der Waals surface area contributed by atoms with Crippen LogP contribution >= 0.6 is 7.37 Å². The van der Waals surface area contributed by atoms with E-state index in [1.165, 1.54) is 0 Å². The van der Waals surface area contributed by atoms with Gasteiger partial charge >= 0.3 is 0 Å². The Hall–Kier alpha value is -2.68. The summed E-state index contributed by atoms with van der Waals surface area (Å²) < 4.78 is 20.2. The summed E-state index contributed by atoms with van der Waals surface area (Å²) in [6.07, 6.45) is 1.21. The SMILES string of the molecule is CC(C)CC(CP(=O)(Cc1ccccc1)OCc1ccccc1)C(=O)NCc1ccccc1. The largest absolute Gasteiger partial charge is 0.352 e. The van der Waals surface area contributed by atoms with Gasteiger partial charge in [0, 0.05) is 24.8 Å². The first-order valence-electron chi connectivity index (χ1n) is 11.6. The van der Waals surface area contributed by atoms with E-state index in [1.54, 1.807) is 0 Å². The Balaban J connectivity index is 1.76. The van der Waals surface area contributed by atoms with E-state index >= 15 is 0 Å². The smallest absolute Gasteiger partial charge is 0.223 e. The molecule has 0 radical (unpaired) electrons. The van der Waals surface area contributed by atoms with Gasteiger partial charge in [-0.25, -0.2) is 0 Å². The molecule has 1 N–H and O–H groups in total. The highest BCUT2D eigenvalue weighted by Crippen LogP contribution is 2.53. The van der Waals surface area contributed by atoms with Crippen molar-refractivity contribution in [2.45, 2.75) is 39.6 Å². The van der Waals surface area contributed by atoms with Crippen molar-refractivity contribution in [3.05, 3.63) is 108 Å². The van der Waals surface area contributed by atoms with Crippen molar-refractivity contribution in [2.24, 2.45) is 11.8 Å². The monoisotopic (exact) mass is 463 g/mol. The van der Waals surface area contributed by atoms with Crippen molar-refractivity contribution >= 4 is 13.3 Å². The van der Waals surface area contributed by atoms with Gasteiger partial charge in [0.25, 0.3) is 0 Å². The summed E-state index contributed by atoms with van der Waals surface area (Å²) in [6.45, 7) is 4.90. The number of amides is 1. The lowest BCUT2D eigenvalue weighted by Gasteiger charge is -2.25. The molecule has 2 unspecified atom stereocenters. The molecule has 0 spiro atoms. The van der Waals surface area contributed by atoms with E-state index in [0.717, 1.165) is 16.7 Å². The molecule has 4 nitrogen and oxygen atoms in total. The summed E-state index contributed by atoms with van der Waals surface area (Å²) >= 11 is 0. The molecule has 33 heavy (non-hydrogen) atoms. The van der Waals surface area contributed by atoms with Crippen LogP contribution in [0.5, 0.6) is 0 Å². The average molecular weight is 464 g/mol. The van der Waals surface area contributed by atoms with Crippen LogP contribution in [0.1, 0.15) is 37.0 Å². The first-order chi connectivity index (χ1) is 15.9. The second kappa shape index (κ2) is 12.5. The van der Waals surface area contributed by atoms with Gasteiger partial charge in [-0.2, -0.15) is 0 Å². The summed E-state index contributed by atoms with van der Waals surface area (Å²) in [5.74, 6) is -0.139. The van der Waals surface area contributed by atoms with Crippen LogP contribution in [0, 0.1) is 11.8 Å². The summed E-state index contributed by atoms with van der Waals surface area (Å²) in [6, 6.07) is 29.4. The van der Waals surface area contributed by atoms with Gasteiger partial charge in [-0.1, -0.05) is 105 Å². The van der Waals surface area contributed by atoms with E-state index in [4.69, 9.17) is 4.52 Å². The van der Waals surface area contributed by atoms with Crippen molar-refractivity contribution in [1.29, 1.82) is 0 Å². The van der Waals surface area contributed by atoms with Gasteiger partial charge in [0.15, 0.2) is 0 Å². The van der Waals surface area contributed by atoms with E-state index in [-0.39, 0.29) is 24.6 Å². The molecule has 0 aliphatic heterocycles. The maximum Gasteiger partial charge on any atom is 0.223 e. The normalized spacial score (nSPS) is 13.9. The highest BCUT2D eigenvalue weighted by molar-refractivity contribution is 7.58. The van der Waals surface area contributed by atoms with Gasteiger partial charge in [-0.3, -0.25) is 9.36 Å². The number of hydrogen-bond donors (Lipinski definition) is 1. The molecule has 2 atom stereocenters.